The molecular formula is C20H18N2O3S. The summed E-state index contributed by atoms with van der Waals surface area (Å²) in [4.78, 5) is 29.3. The predicted octanol–water partition coefficient (Wildman–Crippen LogP) is 4.42. The second kappa shape index (κ2) is 7.93. The molecule has 132 valence electrons. The van der Waals surface area contributed by atoms with Crippen LogP contribution in [0.5, 0.6) is 5.75 Å². The van der Waals surface area contributed by atoms with Crippen LogP contribution in [0.25, 0.3) is 11.3 Å². The van der Waals surface area contributed by atoms with E-state index in [1.165, 1.54) is 18.3 Å². The van der Waals surface area contributed by atoms with E-state index in [1.807, 2.05) is 48.5 Å². The highest BCUT2D eigenvalue weighted by molar-refractivity contribution is 7.18. The lowest BCUT2D eigenvalue weighted by Gasteiger charge is -2.13. The van der Waals surface area contributed by atoms with Gasteiger partial charge in [0.1, 0.15) is 5.75 Å². The zero-order valence-electron chi connectivity index (χ0n) is 14.4. The van der Waals surface area contributed by atoms with Gasteiger partial charge in [-0.25, -0.2) is 4.98 Å². The van der Waals surface area contributed by atoms with Crippen molar-refractivity contribution in [3.05, 3.63) is 65.5 Å². The average molecular weight is 366 g/mol. The minimum atomic E-state index is -0.692. The number of benzene rings is 2. The average Bonchev–Trinajstić information content (AvgIpc) is 3.07. The molecule has 3 rings (SSSR count). The van der Waals surface area contributed by atoms with Crippen LogP contribution in [0.4, 0.5) is 5.13 Å². The Morgan fingerprint density at radius 2 is 1.65 bits per heavy atom. The summed E-state index contributed by atoms with van der Waals surface area (Å²) in [6.45, 7) is 3.16. The van der Waals surface area contributed by atoms with Crippen molar-refractivity contribution in [2.24, 2.45) is 0 Å². The molecule has 0 saturated carbocycles. The number of hydrogen-bond donors (Lipinski definition) is 1. The number of rotatable bonds is 6. The van der Waals surface area contributed by atoms with Crippen molar-refractivity contribution < 1.29 is 14.3 Å². The zero-order valence-corrected chi connectivity index (χ0v) is 15.2. The van der Waals surface area contributed by atoms with Crippen molar-refractivity contribution in [2.75, 3.05) is 5.32 Å². The summed E-state index contributed by atoms with van der Waals surface area (Å²) in [5.74, 6) is 0.205. The highest BCUT2D eigenvalue weighted by Gasteiger charge is 2.20. The number of para-hydroxylation sites is 1. The third-order valence-electron chi connectivity index (χ3n) is 3.65. The Kier molecular flexibility index (Phi) is 5.43. The van der Waals surface area contributed by atoms with Gasteiger partial charge in [-0.2, -0.15) is 0 Å². The molecule has 1 N–H and O–H groups in total. The molecular weight excluding hydrogens is 348 g/mol. The number of thiazole rings is 1. The van der Waals surface area contributed by atoms with Crippen LogP contribution in [0.2, 0.25) is 0 Å². The van der Waals surface area contributed by atoms with E-state index in [0.717, 1.165) is 5.56 Å². The lowest BCUT2D eigenvalue weighted by Crippen LogP contribution is -2.30. The minimum Gasteiger partial charge on any atom is -0.481 e. The molecule has 0 spiro atoms. The Hall–Kier alpha value is -2.99. The summed E-state index contributed by atoms with van der Waals surface area (Å²) in [7, 11) is 0. The molecule has 0 saturated heterocycles. The summed E-state index contributed by atoms with van der Waals surface area (Å²) >= 11 is 1.17. The standard InChI is InChI=1S/C20H18N2O3S/c1-13(23)18-17(15-9-5-3-6-10-15)21-20(26-18)22-19(24)14(2)25-16-11-7-4-8-12-16/h3-12,14H,1-2H3,(H,21,22,24)/t14-/m0/s1. The number of anilines is 1. The van der Waals surface area contributed by atoms with E-state index in [4.69, 9.17) is 4.74 Å². The van der Waals surface area contributed by atoms with Crippen molar-refractivity contribution in [1.29, 1.82) is 0 Å². The minimum absolute atomic E-state index is 0.0876. The molecule has 2 aromatic carbocycles. The maximum Gasteiger partial charge on any atom is 0.266 e. The predicted molar refractivity (Wildman–Crippen MR) is 103 cm³/mol. The number of aromatic nitrogens is 1. The lowest BCUT2D eigenvalue weighted by atomic mass is 10.1. The number of carbonyl (C=O) groups is 2. The Bertz CT molecular complexity index is 907. The van der Waals surface area contributed by atoms with Crippen LogP contribution in [0.15, 0.2) is 60.7 Å². The van der Waals surface area contributed by atoms with E-state index in [1.54, 1.807) is 19.1 Å². The molecule has 1 heterocycles. The lowest BCUT2D eigenvalue weighted by molar-refractivity contribution is -0.122. The number of ketones is 1. The molecule has 0 aliphatic carbocycles. The first-order valence-electron chi connectivity index (χ1n) is 8.14. The topological polar surface area (TPSA) is 68.3 Å². The third kappa shape index (κ3) is 4.15. The van der Waals surface area contributed by atoms with Crippen LogP contribution >= 0.6 is 11.3 Å². The Balaban J connectivity index is 1.77. The van der Waals surface area contributed by atoms with Crippen molar-refractivity contribution in [3.63, 3.8) is 0 Å². The van der Waals surface area contributed by atoms with E-state index >= 15 is 0 Å². The smallest absolute Gasteiger partial charge is 0.266 e. The van der Waals surface area contributed by atoms with E-state index in [0.29, 0.717) is 21.5 Å². The molecule has 1 aromatic heterocycles. The molecule has 6 heteroatoms. The fourth-order valence-corrected chi connectivity index (χ4v) is 3.25. The van der Waals surface area contributed by atoms with Gasteiger partial charge in [0.15, 0.2) is 17.0 Å². The largest absolute Gasteiger partial charge is 0.481 e. The van der Waals surface area contributed by atoms with Crippen molar-refractivity contribution in [1.82, 2.24) is 4.98 Å². The Morgan fingerprint density at radius 3 is 2.27 bits per heavy atom. The Morgan fingerprint density at radius 1 is 1.04 bits per heavy atom. The Labute approximate surface area is 155 Å². The molecule has 3 aromatic rings. The SMILES string of the molecule is CC(=O)c1sc(NC(=O)[C@H](C)Oc2ccccc2)nc1-c1ccccc1. The van der Waals surface area contributed by atoms with Gasteiger partial charge in [0, 0.05) is 12.5 Å². The van der Waals surface area contributed by atoms with Crippen molar-refractivity contribution in [2.45, 2.75) is 20.0 Å². The molecule has 1 atom stereocenters. The van der Waals surface area contributed by atoms with Crippen LogP contribution in [-0.2, 0) is 4.79 Å². The van der Waals surface area contributed by atoms with E-state index in [2.05, 4.69) is 10.3 Å². The van der Waals surface area contributed by atoms with Gasteiger partial charge >= 0.3 is 0 Å². The maximum absolute atomic E-state index is 12.4. The number of carbonyl (C=O) groups excluding carboxylic acids is 2. The molecule has 0 fully saturated rings. The van der Waals surface area contributed by atoms with Crippen LogP contribution in [0.3, 0.4) is 0 Å². The third-order valence-corrected chi connectivity index (χ3v) is 4.72. The quantitative estimate of drug-likeness (QED) is 0.656. The summed E-state index contributed by atoms with van der Waals surface area (Å²) in [6, 6.07) is 18.6. The van der Waals surface area contributed by atoms with E-state index in [-0.39, 0.29) is 11.7 Å². The van der Waals surface area contributed by atoms with Gasteiger partial charge in [-0.1, -0.05) is 59.9 Å². The number of nitrogens with zero attached hydrogens (tertiary/aromatic N) is 1. The summed E-state index contributed by atoms with van der Waals surface area (Å²) in [5, 5.41) is 3.12. The first kappa shape index (κ1) is 17.8. The maximum atomic E-state index is 12.4. The van der Waals surface area contributed by atoms with Crippen molar-refractivity contribution in [3.8, 4) is 17.0 Å². The normalized spacial score (nSPS) is 11.6. The van der Waals surface area contributed by atoms with Crippen molar-refractivity contribution >= 4 is 28.2 Å². The summed E-state index contributed by atoms with van der Waals surface area (Å²) in [6.07, 6.45) is -0.692. The molecule has 0 bridgehead atoms. The first-order chi connectivity index (χ1) is 12.5. The molecule has 0 aliphatic heterocycles. The molecule has 0 radical (unpaired) electrons. The van der Waals surface area contributed by atoms with Gasteiger partial charge in [-0.3, -0.25) is 14.9 Å². The van der Waals surface area contributed by atoms with Gasteiger partial charge in [-0.05, 0) is 19.1 Å². The number of amides is 1. The van der Waals surface area contributed by atoms with E-state index in [9.17, 15) is 9.59 Å². The number of Topliss-reactive ketones (excluding diaryl/α,β-unsaturated/α-hetero) is 1. The highest BCUT2D eigenvalue weighted by atomic mass is 32.1. The second-order valence-corrected chi connectivity index (χ2v) is 6.68. The number of hydrogen-bond acceptors (Lipinski definition) is 5. The molecule has 26 heavy (non-hydrogen) atoms. The second-order valence-electron chi connectivity index (χ2n) is 5.68. The fourth-order valence-electron chi connectivity index (χ4n) is 2.37. The summed E-state index contributed by atoms with van der Waals surface area (Å²) < 4.78 is 5.62. The molecule has 0 aliphatic rings. The zero-order chi connectivity index (χ0) is 18.5. The van der Waals surface area contributed by atoms with Gasteiger partial charge in [-0.15, -0.1) is 0 Å². The summed E-state index contributed by atoms with van der Waals surface area (Å²) in [5.41, 5.74) is 1.41. The van der Waals surface area contributed by atoms with Crippen LogP contribution in [-0.4, -0.2) is 22.8 Å². The van der Waals surface area contributed by atoms with Gasteiger partial charge in [0.25, 0.3) is 5.91 Å². The molecule has 1 amide bonds. The van der Waals surface area contributed by atoms with E-state index < -0.39 is 6.10 Å². The van der Waals surface area contributed by atoms with Crippen LogP contribution < -0.4 is 10.1 Å². The van der Waals surface area contributed by atoms with Crippen LogP contribution in [0.1, 0.15) is 23.5 Å². The van der Waals surface area contributed by atoms with Gasteiger partial charge in [0.2, 0.25) is 0 Å². The monoisotopic (exact) mass is 366 g/mol. The molecule has 5 nitrogen and oxygen atoms in total. The molecule has 0 unspecified atom stereocenters. The number of nitrogens with one attached hydrogen (secondary N) is 1. The highest BCUT2D eigenvalue weighted by Crippen LogP contribution is 2.31. The first-order valence-corrected chi connectivity index (χ1v) is 8.96. The fraction of sp³-hybridized carbons (Fsp3) is 0.150. The van der Waals surface area contributed by atoms with Gasteiger partial charge in [0.05, 0.1) is 10.6 Å². The van der Waals surface area contributed by atoms with Crippen LogP contribution in [0, 0.1) is 0 Å². The number of ether oxygens (including phenoxy) is 1. The van der Waals surface area contributed by atoms with Gasteiger partial charge < -0.3 is 4.74 Å².